The van der Waals surface area contributed by atoms with Gasteiger partial charge in [0.1, 0.15) is 0 Å². The van der Waals surface area contributed by atoms with Gasteiger partial charge in [-0.2, -0.15) is 0 Å². The van der Waals surface area contributed by atoms with Crippen LogP contribution in [0.3, 0.4) is 0 Å². The fourth-order valence-corrected chi connectivity index (χ4v) is 1.48. The van der Waals surface area contributed by atoms with Gasteiger partial charge in [-0.3, -0.25) is 9.59 Å². The van der Waals surface area contributed by atoms with E-state index >= 15 is 0 Å². The standard InChI is InChI=1S/C12H24N2O2/c1-4-6-10-14(9-5-2)12(16)7-8-13-11(3)15/h4-10H2,1-3H3,(H,13,15). The van der Waals surface area contributed by atoms with Crippen molar-refractivity contribution in [2.45, 2.75) is 46.5 Å². The largest absolute Gasteiger partial charge is 0.356 e. The highest BCUT2D eigenvalue weighted by molar-refractivity contribution is 5.78. The molecule has 0 aromatic carbocycles. The highest BCUT2D eigenvalue weighted by Gasteiger charge is 2.11. The van der Waals surface area contributed by atoms with Crippen LogP contribution in [-0.2, 0) is 9.59 Å². The smallest absolute Gasteiger partial charge is 0.224 e. The minimum atomic E-state index is -0.0802. The molecule has 1 N–H and O–H groups in total. The summed E-state index contributed by atoms with van der Waals surface area (Å²) in [4.78, 5) is 24.3. The molecule has 2 amide bonds. The summed E-state index contributed by atoms with van der Waals surface area (Å²) in [7, 11) is 0. The zero-order chi connectivity index (χ0) is 12.4. The summed E-state index contributed by atoms with van der Waals surface area (Å²) in [5.74, 6) is 0.0625. The first kappa shape index (κ1) is 14.9. The Morgan fingerprint density at radius 2 is 1.81 bits per heavy atom. The number of rotatable bonds is 8. The van der Waals surface area contributed by atoms with Gasteiger partial charge in [0.05, 0.1) is 0 Å². The lowest BCUT2D eigenvalue weighted by molar-refractivity contribution is -0.131. The molecular formula is C12H24N2O2. The summed E-state index contributed by atoms with van der Waals surface area (Å²) < 4.78 is 0. The molecule has 0 aliphatic heterocycles. The molecule has 0 saturated carbocycles. The molecule has 0 aromatic heterocycles. The van der Waals surface area contributed by atoms with Crippen LogP contribution in [0.25, 0.3) is 0 Å². The van der Waals surface area contributed by atoms with Gasteiger partial charge in [0.15, 0.2) is 0 Å². The second-order valence-corrected chi connectivity index (χ2v) is 3.97. The molecule has 16 heavy (non-hydrogen) atoms. The fraction of sp³-hybridized carbons (Fsp3) is 0.833. The van der Waals surface area contributed by atoms with Gasteiger partial charge in [0.2, 0.25) is 11.8 Å². The number of unbranched alkanes of at least 4 members (excludes halogenated alkanes) is 1. The Labute approximate surface area is 98.4 Å². The van der Waals surface area contributed by atoms with Crippen molar-refractivity contribution in [1.29, 1.82) is 0 Å². The van der Waals surface area contributed by atoms with Gasteiger partial charge in [-0.25, -0.2) is 0 Å². The van der Waals surface area contributed by atoms with Crippen molar-refractivity contribution in [3.8, 4) is 0 Å². The van der Waals surface area contributed by atoms with Crippen LogP contribution in [-0.4, -0.2) is 36.3 Å². The maximum absolute atomic E-state index is 11.8. The highest BCUT2D eigenvalue weighted by Crippen LogP contribution is 2.00. The second kappa shape index (κ2) is 9.19. The number of nitrogens with zero attached hydrogens (tertiary/aromatic N) is 1. The van der Waals surface area contributed by atoms with Crippen molar-refractivity contribution in [2.24, 2.45) is 0 Å². The van der Waals surface area contributed by atoms with Crippen LogP contribution < -0.4 is 5.32 Å². The van der Waals surface area contributed by atoms with Crippen LogP contribution in [0.1, 0.15) is 46.5 Å². The Balaban J connectivity index is 3.90. The first-order valence-corrected chi connectivity index (χ1v) is 6.14. The summed E-state index contributed by atoms with van der Waals surface area (Å²) in [6.45, 7) is 7.75. The van der Waals surface area contributed by atoms with E-state index in [-0.39, 0.29) is 11.8 Å². The monoisotopic (exact) mass is 228 g/mol. The van der Waals surface area contributed by atoms with Crippen molar-refractivity contribution in [3.05, 3.63) is 0 Å². The minimum absolute atomic E-state index is 0.0802. The number of amides is 2. The van der Waals surface area contributed by atoms with Crippen LogP contribution in [0.15, 0.2) is 0 Å². The van der Waals surface area contributed by atoms with Crippen LogP contribution in [0.4, 0.5) is 0 Å². The third-order valence-corrected chi connectivity index (χ3v) is 2.34. The average Bonchev–Trinajstić information content (AvgIpc) is 2.23. The molecule has 4 nitrogen and oxygen atoms in total. The van der Waals surface area contributed by atoms with Gasteiger partial charge < -0.3 is 10.2 Å². The van der Waals surface area contributed by atoms with Crippen molar-refractivity contribution in [3.63, 3.8) is 0 Å². The molecule has 0 aromatic rings. The number of carbonyl (C=O) groups is 2. The zero-order valence-corrected chi connectivity index (χ0v) is 10.7. The molecule has 0 heterocycles. The van der Waals surface area contributed by atoms with Gasteiger partial charge >= 0.3 is 0 Å². The van der Waals surface area contributed by atoms with Gasteiger partial charge in [-0.05, 0) is 12.8 Å². The molecule has 0 atom stereocenters. The molecule has 0 rings (SSSR count). The number of hydrogen-bond donors (Lipinski definition) is 1. The highest BCUT2D eigenvalue weighted by atomic mass is 16.2. The quantitative estimate of drug-likeness (QED) is 0.685. The molecule has 0 spiro atoms. The van der Waals surface area contributed by atoms with E-state index in [2.05, 4.69) is 19.2 Å². The topological polar surface area (TPSA) is 49.4 Å². The molecule has 0 aliphatic rings. The fourth-order valence-electron chi connectivity index (χ4n) is 1.48. The third kappa shape index (κ3) is 7.26. The molecule has 4 heteroatoms. The van der Waals surface area contributed by atoms with Crippen molar-refractivity contribution in [1.82, 2.24) is 10.2 Å². The van der Waals surface area contributed by atoms with E-state index in [1.54, 1.807) is 0 Å². The predicted octanol–water partition coefficient (Wildman–Crippen LogP) is 1.55. The van der Waals surface area contributed by atoms with E-state index in [0.29, 0.717) is 13.0 Å². The normalized spacial score (nSPS) is 9.94. The summed E-state index contributed by atoms with van der Waals surface area (Å²) in [6.07, 6.45) is 3.53. The molecular weight excluding hydrogens is 204 g/mol. The van der Waals surface area contributed by atoms with E-state index in [1.165, 1.54) is 6.92 Å². The van der Waals surface area contributed by atoms with Gasteiger partial charge in [0.25, 0.3) is 0 Å². The lowest BCUT2D eigenvalue weighted by atomic mass is 10.2. The Morgan fingerprint density at radius 3 is 2.31 bits per heavy atom. The van der Waals surface area contributed by atoms with Crippen LogP contribution in [0.5, 0.6) is 0 Å². The first-order chi connectivity index (χ1) is 7.61. The van der Waals surface area contributed by atoms with Gasteiger partial charge in [-0.1, -0.05) is 20.3 Å². The van der Waals surface area contributed by atoms with Crippen LogP contribution in [0.2, 0.25) is 0 Å². The van der Waals surface area contributed by atoms with Crippen LogP contribution >= 0.6 is 0 Å². The van der Waals surface area contributed by atoms with Crippen molar-refractivity contribution >= 4 is 11.8 Å². The summed E-state index contributed by atoms with van der Waals surface area (Å²) in [5.41, 5.74) is 0. The molecule has 0 saturated heterocycles. The predicted molar refractivity (Wildman–Crippen MR) is 65.1 cm³/mol. The molecule has 0 fully saturated rings. The zero-order valence-electron chi connectivity index (χ0n) is 10.7. The van der Waals surface area contributed by atoms with E-state index in [0.717, 1.165) is 32.4 Å². The molecule has 0 bridgehead atoms. The molecule has 0 radical (unpaired) electrons. The number of carbonyl (C=O) groups excluding carboxylic acids is 2. The third-order valence-electron chi connectivity index (χ3n) is 2.34. The summed E-state index contributed by atoms with van der Waals surface area (Å²) in [5, 5.41) is 2.64. The Kier molecular flexibility index (Phi) is 8.58. The maximum atomic E-state index is 11.8. The SMILES string of the molecule is CCCCN(CCC)C(=O)CCNC(C)=O. The Morgan fingerprint density at radius 1 is 1.12 bits per heavy atom. The Hall–Kier alpha value is -1.06. The van der Waals surface area contributed by atoms with E-state index in [4.69, 9.17) is 0 Å². The summed E-state index contributed by atoms with van der Waals surface area (Å²) >= 11 is 0. The first-order valence-electron chi connectivity index (χ1n) is 6.14. The molecule has 0 aliphatic carbocycles. The van der Waals surface area contributed by atoms with Gasteiger partial charge in [-0.15, -0.1) is 0 Å². The van der Waals surface area contributed by atoms with E-state index in [1.807, 2.05) is 4.90 Å². The van der Waals surface area contributed by atoms with E-state index < -0.39 is 0 Å². The van der Waals surface area contributed by atoms with Gasteiger partial charge in [0, 0.05) is 33.0 Å². The Bertz CT molecular complexity index is 217. The second-order valence-electron chi connectivity index (χ2n) is 3.97. The summed E-state index contributed by atoms with van der Waals surface area (Å²) in [6, 6.07) is 0. The lowest BCUT2D eigenvalue weighted by Crippen LogP contribution is -2.35. The molecule has 94 valence electrons. The average molecular weight is 228 g/mol. The minimum Gasteiger partial charge on any atom is -0.356 e. The lowest BCUT2D eigenvalue weighted by Gasteiger charge is -2.21. The van der Waals surface area contributed by atoms with Crippen molar-refractivity contribution in [2.75, 3.05) is 19.6 Å². The van der Waals surface area contributed by atoms with Crippen LogP contribution in [0, 0.1) is 0 Å². The maximum Gasteiger partial charge on any atom is 0.224 e. The van der Waals surface area contributed by atoms with E-state index in [9.17, 15) is 9.59 Å². The number of hydrogen-bond acceptors (Lipinski definition) is 2. The van der Waals surface area contributed by atoms with Crippen molar-refractivity contribution < 1.29 is 9.59 Å². The number of nitrogens with one attached hydrogen (secondary N) is 1. The molecule has 0 unspecified atom stereocenters.